The third-order valence-electron chi connectivity index (χ3n) is 3.76. The van der Waals surface area contributed by atoms with Crippen molar-refractivity contribution in [3.8, 4) is 0 Å². The molecular weight excluding hydrogens is 254 g/mol. The van der Waals surface area contributed by atoms with Crippen LogP contribution in [0.1, 0.15) is 25.0 Å². The van der Waals surface area contributed by atoms with E-state index in [-0.39, 0.29) is 0 Å². The van der Waals surface area contributed by atoms with Gasteiger partial charge in [-0.2, -0.15) is 0 Å². The van der Waals surface area contributed by atoms with E-state index in [1.165, 1.54) is 5.56 Å². The Morgan fingerprint density at radius 1 is 1.20 bits per heavy atom. The van der Waals surface area contributed by atoms with E-state index in [0.29, 0.717) is 6.42 Å². The van der Waals surface area contributed by atoms with Crippen LogP contribution in [0.2, 0.25) is 0 Å². The zero-order valence-electron chi connectivity index (χ0n) is 12.3. The minimum Gasteiger partial charge on any atom is -0.481 e. The van der Waals surface area contributed by atoms with Crippen LogP contribution in [-0.4, -0.2) is 42.3 Å². The molecule has 4 heteroatoms. The summed E-state index contributed by atoms with van der Waals surface area (Å²) in [6.45, 7) is 8.04. The number of benzene rings is 1. The average Bonchev–Trinajstić information content (AvgIpc) is 2.42. The Morgan fingerprint density at radius 3 is 2.30 bits per heavy atom. The van der Waals surface area contributed by atoms with Gasteiger partial charge < -0.3 is 9.84 Å². The second-order valence-corrected chi connectivity index (χ2v) is 6.07. The topological polar surface area (TPSA) is 49.8 Å². The molecule has 0 bridgehead atoms. The van der Waals surface area contributed by atoms with Crippen molar-refractivity contribution in [1.29, 1.82) is 0 Å². The van der Waals surface area contributed by atoms with Crippen LogP contribution in [0.4, 0.5) is 0 Å². The molecule has 110 valence electrons. The van der Waals surface area contributed by atoms with Crippen molar-refractivity contribution in [2.24, 2.45) is 5.41 Å². The first-order chi connectivity index (χ1) is 9.47. The largest absolute Gasteiger partial charge is 0.481 e. The van der Waals surface area contributed by atoms with E-state index in [1.54, 1.807) is 13.8 Å². The van der Waals surface area contributed by atoms with E-state index < -0.39 is 11.4 Å². The molecule has 1 aliphatic heterocycles. The summed E-state index contributed by atoms with van der Waals surface area (Å²) >= 11 is 0. The molecule has 20 heavy (non-hydrogen) atoms. The normalized spacial score (nSPS) is 17.1. The highest BCUT2D eigenvalue weighted by Crippen LogP contribution is 2.22. The summed E-state index contributed by atoms with van der Waals surface area (Å²) < 4.78 is 5.34. The minimum atomic E-state index is -0.755. The lowest BCUT2D eigenvalue weighted by molar-refractivity contribution is -0.146. The van der Waals surface area contributed by atoms with Gasteiger partial charge in [-0.3, -0.25) is 9.69 Å². The van der Waals surface area contributed by atoms with Crippen LogP contribution in [-0.2, 0) is 22.5 Å². The highest BCUT2D eigenvalue weighted by molar-refractivity contribution is 5.74. The van der Waals surface area contributed by atoms with Crippen molar-refractivity contribution < 1.29 is 14.6 Å². The van der Waals surface area contributed by atoms with E-state index in [9.17, 15) is 4.79 Å². The zero-order valence-corrected chi connectivity index (χ0v) is 12.3. The van der Waals surface area contributed by atoms with Gasteiger partial charge in [-0.25, -0.2) is 0 Å². The number of ether oxygens (including phenoxy) is 1. The molecular formula is C16H23NO3. The standard InChI is InChI=1S/C16H23NO3/c1-16(2,15(18)19)11-13-3-5-14(6-4-13)12-17-7-9-20-10-8-17/h3-6H,7-12H2,1-2H3,(H,18,19). The first kappa shape index (κ1) is 15.0. The van der Waals surface area contributed by atoms with Gasteiger partial charge in [-0.15, -0.1) is 0 Å². The molecule has 0 saturated carbocycles. The summed E-state index contributed by atoms with van der Waals surface area (Å²) in [6, 6.07) is 8.28. The maximum Gasteiger partial charge on any atom is 0.309 e. The lowest BCUT2D eigenvalue weighted by atomic mass is 9.86. The molecule has 0 spiro atoms. The molecule has 1 fully saturated rings. The van der Waals surface area contributed by atoms with Crippen LogP contribution < -0.4 is 0 Å². The highest BCUT2D eigenvalue weighted by Gasteiger charge is 2.27. The van der Waals surface area contributed by atoms with E-state index in [1.807, 2.05) is 12.1 Å². The predicted molar refractivity (Wildman–Crippen MR) is 77.7 cm³/mol. The monoisotopic (exact) mass is 277 g/mol. The molecule has 1 heterocycles. The Morgan fingerprint density at radius 2 is 1.75 bits per heavy atom. The Bertz CT molecular complexity index is 447. The number of rotatable bonds is 5. The lowest BCUT2D eigenvalue weighted by Crippen LogP contribution is -2.35. The van der Waals surface area contributed by atoms with E-state index >= 15 is 0 Å². The van der Waals surface area contributed by atoms with Gasteiger partial charge in [0.2, 0.25) is 0 Å². The molecule has 1 N–H and O–H groups in total. The molecule has 0 atom stereocenters. The number of morpholine rings is 1. The fourth-order valence-corrected chi connectivity index (χ4v) is 2.37. The third-order valence-corrected chi connectivity index (χ3v) is 3.76. The quantitative estimate of drug-likeness (QED) is 0.896. The number of aliphatic carboxylic acids is 1. The van der Waals surface area contributed by atoms with Gasteiger partial charge >= 0.3 is 5.97 Å². The fraction of sp³-hybridized carbons (Fsp3) is 0.562. The van der Waals surface area contributed by atoms with Gasteiger partial charge in [0.25, 0.3) is 0 Å². The average molecular weight is 277 g/mol. The van der Waals surface area contributed by atoms with E-state index in [0.717, 1.165) is 38.4 Å². The van der Waals surface area contributed by atoms with Crippen LogP contribution in [0, 0.1) is 5.41 Å². The maximum atomic E-state index is 11.1. The molecule has 2 rings (SSSR count). The molecule has 1 aromatic rings. The predicted octanol–water partition coefficient (Wildman–Crippen LogP) is 2.17. The Hall–Kier alpha value is -1.39. The Labute approximate surface area is 120 Å². The van der Waals surface area contributed by atoms with Gasteiger partial charge in [-0.1, -0.05) is 24.3 Å². The van der Waals surface area contributed by atoms with Crippen LogP contribution in [0.15, 0.2) is 24.3 Å². The smallest absolute Gasteiger partial charge is 0.309 e. The second kappa shape index (κ2) is 6.37. The van der Waals surface area contributed by atoms with Crippen molar-refractivity contribution in [2.45, 2.75) is 26.8 Å². The Kier molecular flexibility index (Phi) is 4.78. The summed E-state index contributed by atoms with van der Waals surface area (Å²) in [6.07, 6.45) is 0.556. The molecule has 0 unspecified atom stereocenters. The number of carboxylic acids is 1. The summed E-state index contributed by atoms with van der Waals surface area (Å²) in [5, 5.41) is 9.16. The van der Waals surface area contributed by atoms with Crippen LogP contribution in [0.25, 0.3) is 0 Å². The van der Waals surface area contributed by atoms with Crippen LogP contribution >= 0.6 is 0 Å². The molecule has 0 aliphatic carbocycles. The van der Waals surface area contributed by atoms with Crippen LogP contribution in [0.5, 0.6) is 0 Å². The van der Waals surface area contributed by atoms with Gasteiger partial charge in [0.15, 0.2) is 0 Å². The number of carbonyl (C=O) groups is 1. The van der Waals surface area contributed by atoms with Crippen LogP contribution in [0.3, 0.4) is 0 Å². The molecule has 1 saturated heterocycles. The zero-order chi connectivity index (χ0) is 14.6. The van der Waals surface area contributed by atoms with E-state index in [2.05, 4.69) is 17.0 Å². The van der Waals surface area contributed by atoms with Crippen molar-refractivity contribution in [3.05, 3.63) is 35.4 Å². The molecule has 1 aromatic carbocycles. The molecule has 0 amide bonds. The maximum absolute atomic E-state index is 11.1. The van der Waals surface area contributed by atoms with E-state index in [4.69, 9.17) is 9.84 Å². The minimum absolute atomic E-state index is 0.556. The van der Waals surface area contributed by atoms with Gasteiger partial charge in [0, 0.05) is 19.6 Å². The highest BCUT2D eigenvalue weighted by atomic mass is 16.5. The number of nitrogens with zero attached hydrogens (tertiary/aromatic N) is 1. The van der Waals surface area contributed by atoms with Crippen molar-refractivity contribution >= 4 is 5.97 Å². The molecule has 0 radical (unpaired) electrons. The molecule has 4 nitrogen and oxygen atoms in total. The SMILES string of the molecule is CC(C)(Cc1ccc(CN2CCOCC2)cc1)C(=O)O. The third kappa shape index (κ3) is 4.05. The van der Waals surface area contributed by atoms with Gasteiger partial charge in [0.1, 0.15) is 0 Å². The van der Waals surface area contributed by atoms with Crippen molar-refractivity contribution in [3.63, 3.8) is 0 Å². The van der Waals surface area contributed by atoms with Gasteiger partial charge in [0.05, 0.1) is 18.6 Å². The lowest BCUT2D eigenvalue weighted by Gasteiger charge is -2.26. The summed E-state index contributed by atoms with van der Waals surface area (Å²) in [5.41, 5.74) is 1.62. The van der Waals surface area contributed by atoms with Crippen molar-refractivity contribution in [1.82, 2.24) is 4.90 Å². The molecule has 1 aliphatic rings. The summed E-state index contributed by atoms with van der Waals surface area (Å²) in [7, 11) is 0. The number of hydrogen-bond acceptors (Lipinski definition) is 3. The number of hydrogen-bond donors (Lipinski definition) is 1. The summed E-state index contributed by atoms with van der Waals surface area (Å²) in [4.78, 5) is 13.5. The fourth-order valence-electron chi connectivity index (χ4n) is 2.37. The Balaban J connectivity index is 1.94. The number of carboxylic acid groups (broad SMARTS) is 1. The van der Waals surface area contributed by atoms with Gasteiger partial charge in [-0.05, 0) is 31.4 Å². The first-order valence-corrected chi connectivity index (χ1v) is 7.09. The molecule has 0 aromatic heterocycles. The summed E-state index contributed by atoms with van der Waals surface area (Å²) in [5.74, 6) is -0.755. The first-order valence-electron chi connectivity index (χ1n) is 7.09. The second-order valence-electron chi connectivity index (χ2n) is 6.07. The van der Waals surface area contributed by atoms with Crippen molar-refractivity contribution in [2.75, 3.05) is 26.3 Å².